The Morgan fingerprint density at radius 1 is 1.00 bits per heavy atom. The maximum absolute atomic E-state index is 14.0. The van der Waals surface area contributed by atoms with Crippen molar-refractivity contribution >= 4 is 56.4 Å². The Morgan fingerprint density at radius 2 is 1.69 bits per heavy atom. The normalized spacial score (nSPS) is 15.8. The molecule has 1 atom stereocenters. The highest BCUT2D eigenvalue weighted by Gasteiger charge is 2.40. The fraction of sp³-hybridized carbons (Fsp3) is 0.240. The molecule has 3 aromatic carbocycles. The second kappa shape index (κ2) is 10.5. The van der Waals surface area contributed by atoms with Crippen molar-refractivity contribution < 1.29 is 22.7 Å². The van der Waals surface area contributed by atoms with Crippen LogP contribution in [0.2, 0.25) is 15.1 Å². The molecule has 1 heterocycles. The zero-order valence-electron chi connectivity index (χ0n) is 19.6. The van der Waals surface area contributed by atoms with Crippen molar-refractivity contribution in [1.29, 1.82) is 0 Å². The number of hydrogen-bond acceptors (Lipinski definition) is 5. The molecule has 36 heavy (non-hydrogen) atoms. The number of amides is 1. The largest absolute Gasteiger partial charge is 0.497 e. The van der Waals surface area contributed by atoms with Crippen molar-refractivity contribution in [2.75, 3.05) is 26.1 Å². The predicted molar refractivity (Wildman–Crippen MR) is 141 cm³/mol. The number of carbonyl (C=O) groups is 1. The monoisotopic (exact) mass is 568 g/mol. The Bertz CT molecular complexity index is 1410. The van der Waals surface area contributed by atoms with E-state index in [9.17, 15) is 13.2 Å². The molecule has 1 unspecified atom stereocenters. The third kappa shape index (κ3) is 5.14. The first-order chi connectivity index (χ1) is 17.0. The number of ether oxygens (including phenoxy) is 2. The number of sulfonamides is 1. The molecule has 190 valence electrons. The second-order valence-corrected chi connectivity index (χ2v) is 11.4. The van der Waals surface area contributed by atoms with Gasteiger partial charge in [0.05, 0.1) is 35.9 Å². The smallest absolute Gasteiger partial charge is 0.244 e. The summed E-state index contributed by atoms with van der Waals surface area (Å²) in [6.07, 6.45) is 0.421. The number of halogens is 3. The van der Waals surface area contributed by atoms with Crippen LogP contribution < -0.4 is 14.8 Å². The maximum atomic E-state index is 14.0. The lowest BCUT2D eigenvalue weighted by Crippen LogP contribution is -2.40. The van der Waals surface area contributed by atoms with E-state index in [1.807, 2.05) is 6.07 Å². The van der Waals surface area contributed by atoms with E-state index in [0.29, 0.717) is 44.8 Å². The Labute approximate surface area is 224 Å². The highest BCUT2D eigenvalue weighted by Crippen LogP contribution is 2.46. The predicted octanol–water partition coefficient (Wildman–Crippen LogP) is 5.96. The van der Waals surface area contributed by atoms with Gasteiger partial charge in [0.2, 0.25) is 15.9 Å². The van der Waals surface area contributed by atoms with Crippen LogP contribution in [-0.4, -0.2) is 39.4 Å². The number of hydrogen-bond donors (Lipinski definition) is 1. The van der Waals surface area contributed by atoms with Crippen molar-refractivity contribution in [1.82, 2.24) is 4.31 Å². The van der Waals surface area contributed by atoms with E-state index >= 15 is 0 Å². The standard InChI is InChI=1S/C25H23Cl3N2O5S/c1-14(31)29-22-5-4-20(13-21(22)28)36(32,33)30-7-6-15-10-19(34-2)12-23(35-3)24(15)25(30)16-8-17(26)11-18(27)9-16/h4-5,8-13,25H,6-7H2,1-3H3,(H,29,31). The van der Waals surface area contributed by atoms with Gasteiger partial charge in [-0.05, 0) is 60.0 Å². The van der Waals surface area contributed by atoms with Crippen molar-refractivity contribution in [2.45, 2.75) is 24.3 Å². The number of nitrogens with zero attached hydrogens (tertiary/aromatic N) is 1. The number of methoxy groups -OCH3 is 2. The molecule has 1 aliphatic heterocycles. The van der Waals surface area contributed by atoms with Gasteiger partial charge in [0, 0.05) is 35.1 Å². The van der Waals surface area contributed by atoms with Gasteiger partial charge in [0.15, 0.2) is 0 Å². The molecule has 0 saturated heterocycles. The summed E-state index contributed by atoms with van der Waals surface area (Å²) >= 11 is 19.0. The molecular weight excluding hydrogens is 547 g/mol. The zero-order valence-corrected chi connectivity index (χ0v) is 22.7. The summed E-state index contributed by atoms with van der Waals surface area (Å²) < 4.78 is 40.5. The van der Waals surface area contributed by atoms with Crippen LogP contribution in [0.5, 0.6) is 11.5 Å². The molecular formula is C25H23Cl3N2O5S. The van der Waals surface area contributed by atoms with Gasteiger partial charge in [-0.3, -0.25) is 4.79 Å². The summed E-state index contributed by atoms with van der Waals surface area (Å²) in [4.78, 5) is 11.4. The molecule has 1 amide bonds. The van der Waals surface area contributed by atoms with Crippen molar-refractivity contribution in [3.05, 3.63) is 80.3 Å². The molecule has 1 N–H and O–H groups in total. The lowest BCUT2D eigenvalue weighted by molar-refractivity contribution is -0.114. The van der Waals surface area contributed by atoms with Gasteiger partial charge in [-0.2, -0.15) is 4.31 Å². The minimum absolute atomic E-state index is 0.0179. The first kappa shape index (κ1) is 26.6. The number of rotatable bonds is 6. The van der Waals surface area contributed by atoms with Crippen molar-refractivity contribution in [3.63, 3.8) is 0 Å². The average Bonchev–Trinajstić information content (AvgIpc) is 2.82. The van der Waals surface area contributed by atoms with E-state index in [1.165, 1.54) is 36.5 Å². The summed E-state index contributed by atoms with van der Waals surface area (Å²) in [7, 11) is -0.995. The fourth-order valence-electron chi connectivity index (χ4n) is 4.37. The van der Waals surface area contributed by atoms with E-state index in [-0.39, 0.29) is 22.4 Å². The van der Waals surface area contributed by atoms with E-state index < -0.39 is 16.1 Å². The minimum atomic E-state index is -4.07. The summed E-state index contributed by atoms with van der Waals surface area (Å²) in [5.74, 6) is 0.759. The van der Waals surface area contributed by atoms with Gasteiger partial charge >= 0.3 is 0 Å². The topological polar surface area (TPSA) is 84.9 Å². The van der Waals surface area contributed by atoms with Crippen LogP contribution in [0.15, 0.2) is 53.4 Å². The Balaban J connectivity index is 1.91. The van der Waals surface area contributed by atoms with Gasteiger partial charge in [0.25, 0.3) is 0 Å². The maximum Gasteiger partial charge on any atom is 0.244 e. The lowest BCUT2D eigenvalue weighted by Gasteiger charge is -2.38. The molecule has 0 radical (unpaired) electrons. The summed E-state index contributed by atoms with van der Waals surface area (Å²) in [6, 6.07) is 12.0. The molecule has 0 bridgehead atoms. The lowest BCUT2D eigenvalue weighted by atomic mass is 9.88. The van der Waals surface area contributed by atoms with Gasteiger partial charge in [-0.25, -0.2) is 8.42 Å². The summed E-state index contributed by atoms with van der Waals surface area (Å²) in [5, 5.41) is 3.43. The molecule has 7 nitrogen and oxygen atoms in total. The first-order valence-corrected chi connectivity index (χ1v) is 13.4. The third-order valence-electron chi connectivity index (χ3n) is 5.88. The highest BCUT2D eigenvalue weighted by molar-refractivity contribution is 7.89. The van der Waals surface area contributed by atoms with E-state index in [4.69, 9.17) is 44.3 Å². The summed E-state index contributed by atoms with van der Waals surface area (Å²) in [6.45, 7) is 1.51. The van der Waals surface area contributed by atoms with Crippen LogP contribution in [0.1, 0.15) is 29.7 Å². The minimum Gasteiger partial charge on any atom is -0.497 e. The molecule has 0 aromatic heterocycles. The van der Waals surface area contributed by atoms with Crippen LogP contribution in [0, 0.1) is 0 Å². The van der Waals surface area contributed by atoms with Crippen LogP contribution in [0.4, 0.5) is 5.69 Å². The number of fused-ring (bicyclic) bond motifs is 1. The molecule has 4 rings (SSSR count). The van der Waals surface area contributed by atoms with Crippen LogP contribution >= 0.6 is 34.8 Å². The number of nitrogens with one attached hydrogen (secondary N) is 1. The van der Waals surface area contributed by atoms with Gasteiger partial charge < -0.3 is 14.8 Å². The third-order valence-corrected chi connectivity index (χ3v) is 8.49. The van der Waals surface area contributed by atoms with Gasteiger partial charge in [0.1, 0.15) is 11.5 Å². The SMILES string of the molecule is COc1cc2c(c(OC)c1)C(c1cc(Cl)cc(Cl)c1)N(S(=O)(=O)c1ccc(NC(C)=O)c(Cl)c1)CC2. The number of anilines is 1. The zero-order chi connectivity index (χ0) is 26.2. The molecule has 11 heteroatoms. The van der Waals surface area contributed by atoms with E-state index in [0.717, 1.165) is 5.56 Å². The Kier molecular flexibility index (Phi) is 7.73. The molecule has 0 saturated carbocycles. The quantitative estimate of drug-likeness (QED) is 0.396. The molecule has 1 aliphatic rings. The average molecular weight is 570 g/mol. The Hall–Kier alpha value is -2.49. The van der Waals surface area contributed by atoms with Crippen molar-refractivity contribution in [3.8, 4) is 11.5 Å². The van der Waals surface area contributed by atoms with Crippen LogP contribution in [0.25, 0.3) is 0 Å². The number of carbonyl (C=O) groups excluding carboxylic acids is 1. The van der Waals surface area contributed by atoms with Crippen LogP contribution in [-0.2, 0) is 21.2 Å². The second-order valence-electron chi connectivity index (χ2n) is 8.20. The Morgan fingerprint density at radius 3 is 2.28 bits per heavy atom. The number of benzene rings is 3. The van der Waals surface area contributed by atoms with Gasteiger partial charge in [-0.1, -0.05) is 34.8 Å². The first-order valence-electron chi connectivity index (χ1n) is 10.8. The van der Waals surface area contributed by atoms with Crippen molar-refractivity contribution in [2.24, 2.45) is 0 Å². The summed E-state index contributed by atoms with van der Waals surface area (Å²) in [5.41, 5.74) is 2.46. The van der Waals surface area contributed by atoms with E-state index in [2.05, 4.69) is 5.32 Å². The van der Waals surface area contributed by atoms with Crippen LogP contribution in [0.3, 0.4) is 0 Å². The fourth-order valence-corrected chi connectivity index (χ4v) is 6.82. The molecule has 0 aliphatic carbocycles. The molecule has 0 fully saturated rings. The van der Waals surface area contributed by atoms with Gasteiger partial charge in [-0.15, -0.1) is 0 Å². The molecule has 3 aromatic rings. The van der Waals surface area contributed by atoms with E-state index in [1.54, 1.807) is 31.4 Å². The molecule has 0 spiro atoms. The highest BCUT2D eigenvalue weighted by atomic mass is 35.5.